The summed E-state index contributed by atoms with van der Waals surface area (Å²) in [4.78, 5) is 34.4. The molecule has 0 aliphatic carbocycles. The lowest BCUT2D eigenvalue weighted by Gasteiger charge is -2.14. The van der Waals surface area contributed by atoms with E-state index in [2.05, 4.69) is 5.32 Å². The van der Waals surface area contributed by atoms with Crippen LogP contribution in [0.2, 0.25) is 5.02 Å². The highest BCUT2D eigenvalue weighted by Crippen LogP contribution is 2.25. The van der Waals surface area contributed by atoms with Crippen LogP contribution in [0.4, 0.5) is 11.4 Å². The normalized spacial score (nSPS) is 11.3. The molecule has 26 heavy (non-hydrogen) atoms. The molecule has 0 aromatic heterocycles. The number of benzene rings is 2. The number of ether oxygens (including phenoxy) is 2. The Morgan fingerprint density at radius 2 is 1.85 bits per heavy atom. The molecule has 1 N–H and O–H groups in total. The quantitative estimate of drug-likeness (QED) is 0.468. The number of hydrogen-bond donors (Lipinski definition) is 1. The molecular formula is C17H15ClN2O6. The van der Waals surface area contributed by atoms with Crippen molar-refractivity contribution >= 4 is 34.9 Å². The molecule has 0 bridgehead atoms. The van der Waals surface area contributed by atoms with Gasteiger partial charge in [-0.25, -0.2) is 4.79 Å². The van der Waals surface area contributed by atoms with Gasteiger partial charge < -0.3 is 14.8 Å². The van der Waals surface area contributed by atoms with Gasteiger partial charge in [-0.15, -0.1) is 0 Å². The average Bonchev–Trinajstić information content (AvgIpc) is 2.62. The first-order valence-corrected chi connectivity index (χ1v) is 7.79. The van der Waals surface area contributed by atoms with E-state index < -0.39 is 28.6 Å². The molecular weight excluding hydrogens is 364 g/mol. The minimum Gasteiger partial charge on any atom is -0.497 e. The second-order valence-corrected chi connectivity index (χ2v) is 5.60. The van der Waals surface area contributed by atoms with Crippen LogP contribution in [-0.2, 0) is 9.53 Å². The van der Waals surface area contributed by atoms with Gasteiger partial charge >= 0.3 is 5.97 Å². The molecule has 0 radical (unpaired) electrons. The largest absolute Gasteiger partial charge is 0.497 e. The predicted octanol–water partition coefficient (Wildman–Crippen LogP) is 3.44. The van der Waals surface area contributed by atoms with E-state index in [1.165, 1.54) is 26.2 Å². The molecule has 8 nitrogen and oxygen atoms in total. The Bertz CT molecular complexity index is 838. The number of hydrogen-bond acceptors (Lipinski definition) is 6. The number of halogens is 1. The summed E-state index contributed by atoms with van der Waals surface area (Å²) in [5, 5.41) is 13.4. The number of anilines is 1. The predicted molar refractivity (Wildman–Crippen MR) is 94.6 cm³/mol. The van der Waals surface area contributed by atoms with E-state index in [4.69, 9.17) is 21.1 Å². The summed E-state index contributed by atoms with van der Waals surface area (Å²) in [6.45, 7) is 1.39. The first kappa shape index (κ1) is 19.2. The number of nitro groups is 1. The Labute approximate surface area is 153 Å². The molecule has 2 aromatic carbocycles. The van der Waals surface area contributed by atoms with Crippen molar-refractivity contribution in [2.75, 3.05) is 12.4 Å². The Hall–Kier alpha value is -3.13. The van der Waals surface area contributed by atoms with Crippen molar-refractivity contribution in [1.82, 2.24) is 0 Å². The summed E-state index contributed by atoms with van der Waals surface area (Å²) in [6.07, 6.45) is -1.11. The van der Waals surface area contributed by atoms with E-state index in [9.17, 15) is 19.7 Å². The van der Waals surface area contributed by atoms with E-state index >= 15 is 0 Å². The minimum atomic E-state index is -1.11. The Kier molecular flexibility index (Phi) is 6.13. The van der Waals surface area contributed by atoms with Crippen LogP contribution in [0.15, 0.2) is 42.5 Å². The summed E-state index contributed by atoms with van der Waals surface area (Å²) in [5.74, 6) is -0.791. The molecule has 2 rings (SSSR count). The molecule has 0 fully saturated rings. The molecule has 2 aromatic rings. The van der Waals surface area contributed by atoms with Gasteiger partial charge in [0.2, 0.25) is 0 Å². The molecule has 1 atom stereocenters. The lowest BCUT2D eigenvalue weighted by Crippen LogP contribution is -2.30. The zero-order valence-corrected chi connectivity index (χ0v) is 14.6. The maximum Gasteiger partial charge on any atom is 0.339 e. The SMILES string of the molecule is COc1ccc(NC(=O)[C@H](C)OC(=O)c2ccc(Cl)c([N+](=O)[O-])c2)cc1. The van der Waals surface area contributed by atoms with E-state index in [1.54, 1.807) is 24.3 Å². The molecule has 1 amide bonds. The van der Waals surface area contributed by atoms with Crippen LogP contribution in [0.5, 0.6) is 5.75 Å². The number of carbonyl (C=O) groups is 2. The number of amides is 1. The van der Waals surface area contributed by atoms with Gasteiger partial charge in [0.15, 0.2) is 6.10 Å². The lowest BCUT2D eigenvalue weighted by molar-refractivity contribution is -0.384. The van der Waals surface area contributed by atoms with Gasteiger partial charge in [0.05, 0.1) is 17.6 Å². The monoisotopic (exact) mass is 378 g/mol. The molecule has 0 unspecified atom stereocenters. The van der Waals surface area contributed by atoms with Gasteiger partial charge in [0.25, 0.3) is 11.6 Å². The number of esters is 1. The van der Waals surface area contributed by atoms with E-state index in [1.807, 2.05) is 0 Å². The van der Waals surface area contributed by atoms with Crippen molar-refractivity contribution in [2.45, 2.75) is 13.0 Å². The van der Waals surface area contributed by atoms with Crippen LogP contribution in [0, 0.1) is 10.1 Å². The van der Waals surface area contributed by atoms with Crippen molar-refractivity contribution in [1.29, 1.82) is 0 Å². The van der Waals surface area contributed by atoms with E-state index in [0.29, 0.717) is 11.4 Å². The highest BCUT2D eigenvalue weighted by molar-refractivity contribution is 6.32. The molecule has 0 heterocycles. The number of nitrogens with zero attached hydrogens (tertiary/aromatic N) is 1. The first-order chi connectivity index (χ1) is 12.3. The third kappa shape index (κ3) is 4.70. The van der Waals surface area contributed by atoms with Crippen LogP contribution in [0.3, 0.4) is 0 Å². The van der Waals surface area contributed by atoms with Crippen LogP contribution in [0.1, 0.15) is 17.3 Å². The van der Waals surface area contributed by atoms with Crippen LogP contribution in [0.25, 0.3) is 0 Å². The number of nitrogens with one attached hydrogen (secondary N) is 1. The summed E-state index contributed by atoms with van der Waals surface area (Å²) >= 11 is 5.70. The highest BCUT2D eigenvalue weighted by Gasteiger charge is 2.22. The average molecular weight is 379 g/mol. The minimum absolute atomic E-state index is 0.0785. The van der Waals surface area contributed by atoms with Gasteiger partial charge in [0.1, 0.15) is 10.8 Å². The fourth-order valence-corrected chi connectivity index (χ4v) is 2.17. The number of methoxy groups -OCH3 is 1. The topological polar surface area (TPSA) is 108 Å². The Morgan fingerprint density at radius 1 is 1.19 bits per heavy atom. The fraction of sp³-hybridized carbons (Fsp3) is 0.176. The smallest absolute Gasteiger partial charge is 0.339 e. The maximum atomic E-state index is 12.1. The van der Waals surface area contributed by atoms with Crippen molar-refractivity contribution < 1.29 is 24.0 Å². The van der Waals surface area contributed by atoms with Crippen LogP contribution < -0.4 is 10.1 Å². The van der Waals surface area contributed by atoms with Gasteiger partial charge in [-0.2, -0.15) is 0 Å². The number of carbonyl (C=O) groups excluding carboxylic acids is 2. The second-order valence-electron chi connectivity index (χ2n) is 5.19. The number of rotatable bonds is 6. The molecule has 0 aliphatic rings. The molecule has 0 saturated heterocycles. The Morgan fingerprint density at radius 3 is 2.42 bits per heavy atom. The third-order valence-corrected chi connectivity index (χ3v) is 3.71. The zero-order chi connectivity index (χ0) is 19.3. The van der Waals surface area contributed by atoms with Crippen molar-refractivity contribution in [3.63, 3.8) is 0 Å². The van der Waals surface area contributed by atoms with E-state index in [0.717, 1.165) is 6.07 Å². The van der Waals surface area contributed by atoms with Crippen molar-refractivity contribution in [2.24, 2.45) is 0 Å². The highest BCUT2D eigenvalue weighted by atomic mass is 35.5. The lowest BCUT2D eigenvalue weighted by atomic mass is 10.2. The molecule has 0 aliphatic heterocycles. The summed E-state index contributed by atoms with van der Waals surface area (Å²) in [5.41, 5.74) is 0.00230. The second kappa shape index (κ2) is 8.30. The maximum absolute atomic E-state index is 12.1. The number of nitro benzene ring substituents is 1. The van der Waals surface area contributed by atoms with E-state index in [-0.39, 0.29) is 10.6 Å². The van der Waals surface area contributed by atoms with Crippen LogP contribution >= 0.6 is 11.6 Å². The standard InChI is InChI=1S/C17H15ClN2O6/c1-10(16(21)19-12-4-6-13(25-2)7-5-12)26-17(22)11-3-8-14(18)15(9-11)20(23)24/h3-10H,1-2H3,(H,19,21)/t10-/m0/s1. The Balaban J connectivity index is 2.02. The van der Waals surface area contributed by atoms with Crippen LogP contribution in [-0.4, -0.2) is 30.0 Å². The molecule has 0 spiro atoms. The summed E-state index contributed by atoms with van der Waals surface area (Å²) < 4.78 is 10.1. The van der Waals surface area contributed by atoms with Crippen molar-refractivity contribution in [3.05, 3.63) is 63.2 Å². The van der Waals surface area contributed by atoms with Gasteiger partial charge in [-0.3, -0.25) is 14.9 Å². The summed E-state index contributed by atoms with van der Waals surface area (Å²) in [7, 11) is 1.52. The van der Waals surface area contributed by atoms with Gasteiger partial charge in [-0.1, -0.05) is 11.6 Å². The van der Waals surface area contributed by atoms with Gasteiger partial charge in [-0.05, 0) is 43.3 Å². The zero-order valence-electron chi connectivity index (χ0n) is 13.9. The fourth-order valence-electron chi connectivity index (χ4n) is 1.98. The van der Waals surface area contributed by atoms with Crippen molar-refractivity contribution in [3.8, 4) is 5.75 Å². The third-order valence-electron chi connectivity index (χ3n) is 3.39. The molecule has 9 heteroatoms. The van der Waals surface area contributed by atoms with Gasteiger partial charge in [0, 0.05) is 11.8 Å². The summed E-state index contributed by atoms with van der Waals surface area (Å²) in [6, 6.07) is 10.1. The molecule has 136 valence electrons. The first-order valence-electron chi connectivity index (χ1n) is 7.41. The molecule has 0 saturated carbocycles.